The number of hydrogen-bond acceptors (Lipinski definition) is 7. The molecular formula is C20H18N2O6S2. The predicted octanol–water partition coefficient (Wildman–Crippen LogP) is 2.34. The SMILES string of the molecule is COc1ccccc1N1C(=NC(=O)c2ccc3c(c2)OCO3)S[C@@H]2CS(=O)(=O)C[C@@H]21. The number of hydrogen-bond donors (Lipinski definition) is 0. The van der Waals surface area contributed by atoms with Crippen molar-refractivity contribution in [2.45, 2.75) is 11.3 Å². The summed E-state index contributed by atoms with van der Waals surface area (Å²) in [5, 5.41) is 0.273. The standard InChI is InChI=1S/C20H18N2O6S2/c1-26-15-5-3-2-4-13(15)22-14-9-30(24,25)10-18(14)29-20(22)21-19(23)12-6-7-16-17(8-12)28-11-27-16/h2-8,14,18H,9-11H2,1H3/t14-,18+/m0/s1. The molecule has 2 saturated heterocycles. The lowest BCUT2D eigenvalue weighted by atomic mass is 10.2. The Morgan fingerprint density at radius 3 is 2.80 bits per heavy atom. The van der Waals surface area contributed by atoms with Crippen LogP contribution in [0.25, 0.3) is 0 Å². The summed E-state index contributed by atoms with van der Waals surface area (Å²) in [7, 11) is -1.60. The van der Waals surface area contributed by atoms with Crippen LogP contribution in [0.2, 0.25) is 0 Å². The van der Waals surface area contributed by atoms with Gasteiger partial charge in [0.2, 0.25) is 6.79 Å². The van der Waals surface area contributed by atoms with E-state index in [-0.39, 0.29) is 29.6 Å². The number of amides is 1. The quantitative estimate of drug-likeness (QED) is 0.709. The molecule has 0 radical (unpaired) electrons. The smallest absolute Gasteiger partial charge is 0.279 e. The van der Waals surface area contributed by atoms with Gasteiger partial charge in [0, 0.05) is 10.8 Å². The highest BCUT2D eigenvalue weighted by atomic mass is 32.2. The molecule has 3 heterocycles. The van der Waals surface area contributed by atoms with E-state index in [1.54, 1.807) is 31.4 Å². The van der Waals surface area contributed by atoms with Gasteiger partial charge in [-0.3, -0.25) is 4.79 Å². The number of carbonyl (C=O) groups excluding carboxylic acids is 1. The van der Waals surface area contributed by atoms with E-state index in [0.717, 1.165) is 0 Å². The topological polar surface area (TPSA) is 94.5 Å². The molecule has 1 amide bonds. The molecule has 0 saturated carbocycles. The second kappa shape index (κ2) is 7.21. The van der Waals surface area contributed by atoms with Crippen LogP contribution < -0.4 is 19.1 Å². The molecule has 0 aromatic heterocycles. The maximum absolute atomic E-state index is 12.9. The Kier molecular flexibility index (Phi) is 4.62. The molecule has 2 atom stereocenters. The fourth-order valence-electron chi connectivity index (χ4n) is 3.86. The van der Waals surface area contributed by atoms with E-state index < -0.39 is 15.7 Å². The Balaban J connectivity index is 1.53. The third-order valence-electron chi connectivity index (χ3n) is 5.23. The Hall–Kier alpha value is -2.72. The minimum absolute atomic E-state index is 0.0138. The number of thioether (sulfide) groups is 1. The van der Waals surface area contributed by atoms with Crippen LogP contribution in [0.1, 0.15) is 10.4 Å². The van der Waals surface area contributed by atoms with Gasteiger partial charge in [-0.2, -0.15) is 4.99 Å². The summed E-state index contributed by atoms with van der Waals surface area (Å²) in [5.74, 6) is 1.32. The molecule has 0 unspecified atom stereocenters. The zero-order chi connectivity index (χ0) is 20.9. The molecule has 10 heteroatoms. The maximum Gasteiger partial charge on any atom is 0.279 e. The van der Waals surface area contributed by atoms with Crippen LogP contribution in [0.15, 0.2) is 47.5 Å². The Bertz CT molecular complexity index is 1160. The van der Waals surface area contributed by atoms with Crippen LogP contribution in [0.5, 0.6) is 17.2 Å². The fraction of sp³-hybridized carbons (Fsp3) is 0.300. The van der Waals surface area contributed by atoms with Crippen molar-refractivity contribution in [3.63, 3.8) is 0 Å². The van der Waals surface area contributed by atoms with E-state index in [9.17, 15) is 13.2 Å². The lowest BCUT2D eigenvalue weighted by molar-refractivity contribution is 0.100. The molecule has 0 N–H and O–H groups in total. The van der Waals surface area contributed by atoms with Crippen molar-refractivity contribution in [1.29, 1.82) is 0 Å². The van der Waals surface area contributed by atoms with Crippen molar-refractivity contribution in [3.8, 4) is 17.2 Å². The first kappa shape index (κ1) is 19.3. The minimum Gasteiger partial charge on any atom is -0.495 e. The summed E-state index contributed by atoms with van der Waals surface area (Å²) in [6.07, 6.45) is 0. The highest BCUT2D eigenvalue weighted by molar-refractivity contribution is 8.16. The van der Waals surface area contributed by atoms with E-state index in [4.69, 9.17) is 14.2 Å². The largest absolute Gasteiger partial charge is 0.495 e. The number of ether oxygens (including phenoxy) is 3. The minimum atomic E-state index is -3.15. The average molecular weight is 447 g/mol. The number of amidine groups is 1. The van der Waals surface area contributed by atoms with Gasteiger partial charge >= 0.3 is 0 Å². The van der Waals surface area contributed by atoms with E-state index in [0.29, 0.717) is 33.7 Å². The van der Waals surface area contributed by atoms with Crippen molar-refractivity contribution in [2.24, 2.45) is 4.99 Å². The maximum atomic E-state index is 12.9. The molecule has 2 aromatic rings. The molecule has 3 aliphatic heterocycles. The van der Waals surface area contributed by atoms with Crippen LogP contribution >= 0.6 is 11.8 Å². The number of benzene rings is 2. The van der Waals surface area contributed by atoms with E-state index >= 15 is 0 Å². The first-order valence-corrected chi connectivity index (χ1v) is 12.0. The lowest BCUT2D eigenvalue weighted by Crippen LogP contribution is -2.38. The average Bonchev–Trinajstić information content (AvgIpc) is 3.39. The molecule has 30 heavy (non-hydrogen) atoms. The molecule has 0 spiro atoms. The molecule has 8 nitrogen and oxygen atoms in total. The summed E-state index contributed by atoms with van der Waals surface area (Å²) in [6, 6.07) is 11.9. The second-order valence-electron chi connectivity index (χ2n) is 7.11. The van der Waals surface area contributed by atoms with E-state index in [1.165, 1.54) is 11.8 Å². The number of methoxy groups -OCH3 is 1. The fourth-order valence-corrected chi connectivity index (χ4v) is 7.76. The number of sulfone groups is 1. The van der Waals surface area contributed by atoms with Gasteiger partial charge in [-0.25, -0.2) is 8.42 Å². The van der Waals surface area contributed by atoms with E-state index in [2.05, 4.69) is 4.99 Å². The van der Waals surface area contributed by atoms with Crippen LogP contribution in [0, 0.1) is 0 Å². The third kappa shape index (κ3) is 3.29. The molecule has 2 fully saturated rings. The highest BCUT2D eigenvalue weighted by Crippen LogP contribution is 2.44. The highest BCUT2D eigenvalue weighted by Gasteiger charge is 2.50. The Morgan fingerprint density at radius 2 is 1.97 bits per heavy atom. The van der Waals surface area contributed by atoms with Crippen molar-refractivity contribution >= 4 is 38.4 Å². The first-order chi connectivity index (χ1) is 14.4. The lowest BCUT2D eigenvalue weighted by Gasteiger charge is -2.26. The number of anilines is 1. The van der Waals surface area contributed by atoms with Crippen LogP contribution in [0.3, 0.4) is 0 Å². The van der Waals surface area contributed by atoms with Gasteiger partial charge in [-0.15, -0.1) is 0 Å². The summed E-state index contributed by atoms with van der Waals surface area (Å²) in [5.41, 5.74) is 1.06. The van der Waals surface area contributed by atoms with Crippen molar-refractivity contribution in [2.75, 3.05) is 30.3 Å². The number of nitrogens with zero attached hydrogens (tertiary/aromatic N) is 2. The summed E-state index contributed by atoms with van der Waals surface area (Å²) in [6.45, 7) is 0.122. The monoisotopic (exact) mass is 446 g/mol. The van der Waals surface area contributed by atoms with Gasteiger partial charge in [0.25, 0.3) is 5.91 Å². The van der Waals surface area contributed by atoms with Crippen molar-refractivity contribution in [3.05, 3.63) is 48.0 Å². The number of para-hydroxylation sites is 2. The van der Waals surface area contributed by atoms with Crippen molar-refractivity contribution in [1.82, 2.24) is 0 Å². The second-order valence-corrected chi connectivity index (χ2v) is 10.5. The van der Waals surface area contributed by atoms with E-state index in [1.807, 2.05) is 23.1 Å². The van der Waals surface area contributed by atoms with Crippen LogP contribution in [0.4, 0.5) is 5.69 Å². The van der Waals surface area contributed by atoms with Crippen molar-refractivity contribution < 1.29 is 27.4 Å². The van der Waals surface area contributed by atoms with Gasteiger partial charge in [0.15, 0.2) is 26.5 Å². The molecule has 156 valence electrons. The molecule has 3 aliphatic rings. The number of rotatable bonds is 3. The first-order valence-electron chi connectivity index (χ1n) is 9.27. The van der Waals surface area contributed by atoms with Gasteiger partial charge in [-0.05, 0) is 30.3 Å². The predicted molar refractivity (Wildman–Crippen MR) is 114 cm³/mol. The molecule has 0 bridgehead atoms. The Morgan fingerprint density at radius 1 is 1.17 bits per heavy atom. The van der Waals surface area contributed by atoms with Gasteiger partial charge in [-0.1, -0.05) is 23.9 Å². The Labute approximate surface area is 177 Å². The summed E-state index contributed by atoms with van der Waals surface area (Å²) < 4.78 is 40.6. The molecule has 5 rings (SSSR count). The molecule has 2 aromatic carbocycles. The molecule has 0 aliphatic carbocycles. The number of fused-ring (bicyclic) bond motifs is 2. The zero-order valence-electron chi connectivity index (χ0n) is 16.0. The van der Waals surface area contributed by atoms with Gasteiger partial charge in [0.1, 0.15) is 5.75 Å². The van der Waals surface area contributed by atoms with Crippen LogP contribution in [-0.2, 0) is 9.84 Å². The normalized spacial score (nSPS) is 24.8. The van der Waals surface area contributed by atoms with Gasteiger partial charge < -0.3 is 19.1 Å². The molecular weight excluding hydrogens is 428 g/mol. The number of aliphatic imine (C=N–C) groups is 1. The summed E-state index contributed by atoms with van der Waals surface area (Å²) >= 11 is 1.32. The number of carbonyl (C=O) groups is 1. The third-order valence-corrected chi connectivity index (χ3v) is 8.44. The van der Waals surface area contributed by atoms with Gasteiger partial charge in [0.05, 0.1) is 30.3 Å². The zero-order valence-corrected chi connectivity index (χ0v) is 17.6. The van der Waals surface area contributed by atoms with Crippen LogP contribution in [-0.4, -0.2) is 56.2 Å². The summed E-state index contributed by atoms with van der Waals surface area (Å²) in [4.78, 5) is 19.1.